The summed E-state index contributed by atoms with van der Waals surface area (Å²) < 4.78 is 0. The van der Waals surface area contributed by atoms with Gasteiger partial charge in [-0.1, -0.05) is 24.3 Å². The third kappa shape index (κ3) is 2.63. The molecule has 0 bridgehead atoms. The van der Waals surface area contributed by atoms with Crippen LogP contribution in [0.1, 0.15) is 36.8 Å². The lowest BCUT2D eigenvalue weighted by Gasteiger charge is -2.31. The summed E-state index contributed by atoms with van der Waals surface area (Å²) in [5.74, 6) is 0.702. The van der Waals surface area contributed by atoms with Crippen molar-refractivity contribution in [1.82, 2.24) is 5.32 Å². The Labute approximate surface area is 97.7 Å². The second kappa shape index (κ2) is 5.46. The van der Waals surface area contributed by atoms with Gasteiger partial charge in [0, 0.05) is 25.1 Å². The van der Waals surface area contributed by atoms with Crippen molar-refractivity contribution >= 4 is 0 Å². The summed E-state index contributed by atoms with van der Waals surface area (Å²) >= 11 is 0. The average molecular weight is 219 g/mol. The lowest BCUT2D eigenvalue weighted by molar-refractivity contribution is 0.276. The van der Waals surface area contributed by atoms with E-state index >= 15 is 0 Å². The van der Waals surface area contributed by atoms with Gasteiger partial charge in [0.1, 0.15) is 0 Å². The second-order valence-electron chi connectivity index (χ2n) is 4.77. The summed E-state index contributed by atoms with van der Waals surface area (Å²) in [5, 5.41) is 12.3. The summed E-state index contributed by atoms with van der Waals surface area (Å²) in [4.78, 5) is 0. The van der Waals surface area contributed by atoms with E-state index in [1.54, 1.807) is 0 Å². The van der Waals surface area contributed by atoms with Crippen LogP contribution in [-0.2, 0) is 6.42 Å². The topological polar surface area (TPSA) is 32.3 Å². The molecule has 16 heavy (non-hydrogen) atoms. The molecule has 0 amide bonds. The molecule has 88 valence electrons. The highest BCUT2D eigenvalue weighted by atomic mass is 16.2. The van der Waals surface area contributed by atoms with Crippen LogP contribution < -0.4 is 5.32 Å². The summed E-state index contributed by atoms with van der Waals surface area (Å²) in [6.07, 6.45) is 3.18. The van der Waals surface area contributed by atoms with E-state index in [0.29, 0.717) is 18.6 Å². The maximum absolute atomic E-state index is 8.75. The molecule has 2 heteroatoms. The van der Waals surface area contributed by atoms with Crippen LogP contribution in [0.15, 0.2) is 24.3 Å². The van der Waals surface area contributed by atoms with E-state index in [4.69, 9.17) is 5.11 Å². The van der Waals surface area contributed by atoms with E-state index in [2.05, 4.69) is 36.5 Å². The first-order chi connectivity index (χ1) is 7.81. The van der Waals surface area contributed by atoms with Crippen molar-refractivity contribution in [3.8, 4) is 0 Å². The SMILES string of the molecule is CC(CCCO)NCC1Cc2ccccc21. The van der Waals surface area contributed by atoms with Crippen molar-refractivity contribution in [2.75, 3.05) is 13.2 Å². The highest BCUT2D eigenvalue weighted by molar-refractivity contribution is 5.40. The zero-order valence-electron chi connectivity index (χ0n) is 9.95. The molecule has 0 saturated carbocycles. The average Bonchev–Trinajstić information content (AvgIpc) is 2.27. The van der Waals surface area contributed by atoms with Gasteiger partial charge in [-0.3, -0.25) is 0 Å². The molecule has 1 aliphatic carbocycles. The molecule has 1 aromatic carbocycles. The highest BCUT2D eigenvalue weighted by Gasteiger charge is 2.24. The number of hydrogen-bond donors (Lipinski definition) is 2. The maximum Gasteiger partial charge on any atom is 0.0431 e. The Kier molecular flexibility index (Phi) is 3.97. The molecule has 1 aromatic rings. The van der Waals surface area contributed by atoms with Crippen molar-refractivity contribution in [2.45, 2.75) is 38.1 Å². The van der Waals surface area contributed by atoms with Gasteiger partial charge in [0.15, 0.2) is 0 Å². The third-order valence-electron chi connectivity index (χ3n) is 3.47. The molecule has 1 aliphatic rings. The smallest absolute Gasteiger partial charge is 0.0431 e. The van der Waals surface area contributed by atoms with Crippen LogP contribution in [0.2, 0.25) is 0 Å². The Morgan fingerprint density at radius 1 is 1.44 bits per heavy atom. The molecule has 0 heterocycles. The number of aliphatic hydroxyl groups excluding tert-OH is 1. The molecule has 0 fully saturated rings. The normalized spacial score (nSPS) is 20.0. The molecule has 0 saturated heterocycles. The Morgan fingerprint density at radius 3 is 3.00 bits per heavy atom. The fraction of sp³-hybridized carbons (Fsp3) is 0.571. The minimum absolute atomic E-state index is 0.304. The molecule has 2 nitrogen and oxygen atoms in total. The van der Waals surface area contributed by atoms with E-state index in [0.717, 1.165) is 19.4 Å². The first-order valence-corrected chi connectivity index (χ1v) is 6.23. The van der Waals surface area contributed by atoms with Gasteiger partial charge in [0.2, 0.25) is 0 Å². The van der Waals surface area contributed by atoms with Crippen molar-refractivity contribution in [2.24, 2.45) is 0 Å². The predicted molar refractivity (Wildman–Crippen MR) is 66.7 cm³/mol. The van der Waals surface area contributed by atoms with Crippen LogP contribution in [0.4, 0.5) is 0 Å². The molecule has 0 aromatic heterocycles. The van der Waals surface area contributed by atoms with Crippen molar-refractivity contribution in [3.63, 3.8) is 0 Å². The maximum atomic E-state index is 8.75. The molecule has 0 spiro atoms. The number of aliphatic hydroxyl groups is 1. The second-order valence-corrected chi connectivity index (χ2v) is 4.77. The largest absolute Gasteiger partial charge is 0.396 e. The molecule has 2 atom stereocenters. The van der Waals surface area contributed by atoms with Crippen LogP contribution >= 0.6 is 0 Å². The van der Waals surface area contributed by atoms with Crippen LogP contribution in [0.25, 0.3) is 0 Å². The first kappa shape index (κ1) is 11.6. The van der Waals surface area contributed by atoms with Crippen LogP contribution in [0.5, 0.6) is 0 Å². The van der Waals surface area contributed by atoms with Crippen LogP contribution in [0, 0.1) is 0 Å². The lowest BCUT2D eigenvalue weighted by Crippen LogP contribution is -2.34. The van der Waals surface area contributed by atoms with E-state index in [1.165, 1.54) is 17.5 Å². The Morgan fingerprint density at radius 2 is 2.25 bits per heavy atom. The van der Waals surface area contributed by atoms with Gasteiger partial charge in [-0.25, -0.2) is 0 Å². The number of benzene rings is 1. The monoisotopic (exact) mass is 219 g/mol. The van der Waals surface area contributed by atoms with Crippen molar-refractivity contribution in [3.05, 3.63) is 35.4 Å². The van der Waals surface area contributed by atoms with Gasteiger partial charge in [0.05, 0.1) is 0 Å². The standard InChI is InChI=1S/C14H21NO/c1-11(5-4-8-16)15-10-13-9-12-6-2-3-7-14(12)13/h2-3,6-7,11,13,15-16H,4-5,8-10H2,1H3. The van der Waals surface area contributed by atoms with Gasteiger partial charge < -0.3 is 10.4 Å². The van der Waals surface area contributed by atoms with Crippen LogP contribution in [0.3, 0.4) is 0 Å². The first-order valence-electron chi connectivity index (χ1n) is 6.23. The molecular weight excluding hydrogens is 198 g/mol. The summed E-state index contributed by atoms with van der Waals surface area (Å²) in [6, 6.07) is 9.22. The lowest BCUT2D eigenvalue weighted by atomic mass is 9.77. The van der Waals surface area contributed by atoms with Gasteiger partial charge in [-0.2, -0.15) is 0 Å². The predicted octanol–water partition coefficient (Wildman–Crippen LogP) is 2.08. The zero-order chi connectivity index (χ0) is 11.4. The number of hydrogen-bond acceptors (Lipinski definition) is 2. The molecule has 0 radical (unpaired) electrons. The fourth-order valence-corrected chi connectivity index (χ4v) is 2.39. The Balaban J connectivity index is 1.73. The van der Waals surface area contributed by atoms with E-state index in [9.17, 15) is 0 Å². The van der Waals surface area contributed by atoms with Crippen LogP contribution in [-0.4, -0.2) is 24.3 Å². The van der Waals surface area contributed by atoms with Gasteiger partial charge in [-0.05, 0) is 37.3 Å². The number of nitrogens with one attached hydrogen (secondary N) is 1. The van der Waals surface area contributed by atoms with Gasteiger partial charge in [0.25, 0.3) is 0 Å². The Hall–Kier alpha value is -0.860. The van der Waals surface area contributed by atoms with Gasteiger partial charge in [-0.15, -0.1) is 0 Å². The van der Waals surface area contributed by atoms with Gasteiger partial charge >= 0.3 is 0 Å². The van der Waals surface area contributed by atoms with Crippen molar-refractivity contribution < 1.29 is 5.11 Å². The van der Waals surface area contributed by atoms with E-state index in [-0.39, 0.29) is 0 Å². The summed E-state index contributed by atoms with van der Waals surface area (Å²) in [7, 11) is 0. The molecule has 0 aliphatic heterocycles. The quantitative estimate of drug-likeness (QED) is 0.767. The summed E-state index contributed by atoms with van der Waals surface area (Å²) in [5.41, 5.74) is 3.03. The zero-order valence-corrected chi connectivity index (χ0v) is 9.95. The molecule has 2 unspecified atom stereocenters. The minimum atomic E-state index is 0.304. The highest BCUT2D eigenvalue weighted by Crippen LogP contribution is 2.34. The molecule has 2 rings (SSSR count). The van der Waals surface area contributed by atoms with E-state index in [1.807, 2.05) is 0 Å². The minimum Gasteiger partial charge on any atom is -0.396 e. The Bertz CT molecular complexity index is 337. The molecule has 2 N–H and O–H groups in total. The summed E-state index contributed by atoms with van der Waals surface area (Å²) in [6.45, 7) is 3.57. The molecular formula is C14H21NO. The van der Waals surface area contributed by atoms with E-state index < -0.39 is 0 Å². The van der Waals surface area contributed by atoms with Crippen molar-refractivity contribution in [1.29, 1.82) is 0 Å². The fourth-order valence-electron chi connectivity index (χ4n) is 2.39. The third-order valence-corrected chi connectivity index (χ3v) is 3.47. The number of rotatable bonds is 6. The number of fused-ring (bicyclic) bond motifs is 1.